The Hall–Kier alpha value is -2.32. The first kappa shape index (κ1) is 22.4. The highest BCUT2D eigenvalue weighted by Crippen LogP contribution is 2.32. The number of carbonyl (C=O) groups excluding carboxylic acids is 4. The van der Waals surface area contributed by atoms with Crippen molar-refractivity contribution in [1.82, 2.24) is 15.5 Å². The molecule has 9 heteroatoms. The lowest BCUT2D eigenvalue weighted by Gasteiger charge is -2.13. The van der Waals surface area contributed by atoms with Crippen LogP contribution in [0, 0.1) is 5.92 Å². The fourth-order valence-electron chi connectivity index (χ4n) is 3.43. The summed E-state index contributed by atoms with van der Waals surface area (Å²) in [4.78, 5) is 49.9. The first-order valence-electron chi connectivity index (χ1n) is 9.99. The minimum absolute atomic E-state index is 0.0191. The largest absolute Gasteiger partial charge is 0.355 e. The highest BCUT2D eigenvalue weighted by Gasteiger charge is 2.34. The molecule has 1 aliphatic carbocycles. The lowest BCUT2D eigenvalue weighted by atomic mass is 10.1. The van der Waals surface area contributed by atoms with Crippen molar-refractivity contribution < 1.29 is 19.2 Å². The van der Waals surface area contributed by atoms with Crippen molar-refractivity contribution in [3.05, 3.63) is 39.8 Å². The number of amides is 4. The molecule has 0 bridgehead atoms. The van der Waals surface area contributed by atoms with E-state index in [4.69, 9.17) is 11.6 Å². The maximum absolute atomic E-state index is 12.5. The number of thioether (sulfide) groups is 1. The molecule has 4 amide bonds. The fourth-order valence-corrected chi connectivity index (χ4v) is 4.42. The third kappa shape index (κ3) is 6.09. The second kappa shape index (κ2) is 10.6. The Morgan fingerprint density at radius 3 is 2.50 bits per heavy atom. The van der Waals surface area contributed by atoms with Gasteiger partial charge in [-0.1, -0.05) is 36.6 Å². The van der Waals surface area contributed by atoms with Gasteiger partial charge in [0.2, 0.25) is 11.8 Å². The van der Waals surface area contributed by atoms with E-state index in [1.54, 1.807) is 30.3 Å². The highest BCUT2D eigenvalue weighted by molar-refractivity contribution is 8.18. The van der Waals surface area contributed by atoms with Crippen LogP contribution in [0.15, 0.2) is 29.2 Å². The summed E-state index contributed by atoms with van der Waals surface area (Å²) in [5.74, 6) is -0.512. The number of carbonyl (C=O) groups is 4. The minimum Gasteiger partial charge on any atom is -0.355 e. The fraction of sp³-hybridized carbons (Fsp3) is 0.429. The molecule has 3 rings (SSSR count). The average Bonchev–Trinajstić information content (AvgIpc) is 3.34. The lowest BCUT2D eigenvalue weighted by Crippen LogP contribution is -2.38. The molecule has 0 unspecified atom stereocenters. The van der Waals surface area contributed by atoms with E-state index in [1.807, 2.05) is 0 Å². The number of hydrogen-bond acceptors (Lipinski definition) is 5. The van der Waals surface area contributed by atoms with E-state index < -0.39 is 0 Å². The van der Waals surface area contributed by atoms with Crippen molar-refractivity contribution >= 4 is 52.4 Å². The van der Waals surface area contributed by atoms with Gasteiger partial charge in [-0.05, 0) is 48.4 Å². The number of rotatable bonds is 8. The van der Waals surface area contributed by atoms with Crippen LogP contribution >= 0.6 is 23.4 Å². The molecule has 2 N–H and O–H groups in total. The van der Waals surface area contributed by atoms with Gasteiger partial charge in [0, 0.05) is 37.0 Å². The van der Waals surface area contributed by atoms with Crippen LogP contribution in [0.5, 0.6) is 0 Å². The molecule has 1 aromatic rings. The minimum atomic E-state index is -0.377. The molecule has 160 valence electrons. The number of benzene rings is 1. The Labute approximate surface area is 184 Å². The van der Waals surface area contributed by atoms with Crippen molar-refractivity contribution in [2.45, 2.75) is 32.1 Å². The third-order valence-electron chi connectivity index (χ3n) is 5.08. The van der Waals surface area contributed by atoms with Crippen LogP contribution < -0.4 is 10.6 Å². The number of nitrogens with zero attached hydrogens (tertiary/aromatic N) is 1. The van der Waals surface area contributed by atoms with E-state index in [1.165, 1.54) is 0 Å². The molecule has 2 aliphatic rings. The summed E-state index contributed by atoms with van der Waals surface area (Å²) in [6.45, 7) is 0.553. The Bertz CT molecular complexity index is 850. The Morgan fingerprint density at radius 1 is 1.10 bits per heavy atom. The summed E-state index contributed by atoms with van der Waals surface area (Å²) in [6.07, 6.45) is 5.82. The molecular weight excluding hydrogens is 426 g/mol. The Balaban J connectivity index is 1.39. The first-order valence-corrected chi connectivity index (χ1v) is 11.2. The highest BCUT2D eigenvalue weighted by atomic mass is 35.5. The normalized spacial score (nSPS) is 18.3. The molecule has 1 saturated carbocycles. The van der Waals surface area contributed by atoms with Gasteiger partial charge in [0.05, 0.1) is 4.91 Å². The van der Waals surface area contributed by atoms with Crippen LogP contribution in [0.2, 0.25) is 5.02 Å². The summed E-state index contributed by atoms with van der Waals surface area (Å²) >= 11 is 6.73. The molecule has 1 aromatic carbocycles. The van der Waals surface area contributed by atoms with E-state index in [-0.39, 0.29) is 54.9 Å². The second-order valence-electron chi connectivity index (χ2n) is 7.26. The summed E-state index contributed by atoms with van der Waals surface area (Å²) in [6, 6.07) is 6.96. The van der Waals surface area contributed by atoms with E-state index in [0.29, 0.717) is 9.93 Å². The van der Waals surface area contributed by atoms with E-state index >= 15 is 0 Å². The van der Waals surface area contributed by atoms with Gasteiger partial charge in [-0.3, -0.25) is 24.1 Å². The van der Waals surface area contributed by atoms with Gasteiger partial charge < -0.3 is 10.6 Å². The quantitative estimate of drug-likeness (QED) is 0.594. The second-order valence-corrected chi connectivity index (χ2v) is 8.69. The maximum atomic E-state index is 12.5. The molecule has 2 fully saturated rings. The van der Waals surface area contributed by atoms with Gasteiger partial charge in [0.1, 0.15) is 0 Å². The molecule has 30 heavy (non-hydrogen) atoms. The molecule has 1 saturated heterocycles. The van der Waals surface area contributed by atoms with Crippen LogP contribution in [-0.4, -0.2) is 47.5 Å². The Morgan fingerprint density at radius 2 is 1.80 bits per heavy atom. The molecule has 0 spiro atoms. The van der Waals surface area contributed by atoms with Gasteiger partial charge in [-0.25, -0.2) is 0 Å². The van der Waals surface area contributed by atoms with E-state index in [9.17, 15) is 19.2 Å². The topological polar surface area (TPSA) is 95.6 Å². The predicted octanol–water partition coefficient (Wildman–Crippen LogP) is 3.19. The summed E-state index contributed by atoms with van der Waals surface area (Å²) < 4.78 is 0. The summed E-state index contributed by atoms with van der Waals surface area (Å²) in [5.41, 5.74) is 0.776. The summed E-state index contributed by atoms with van der Waals surface area (Å²) in [5, 5.41) is 5.71. The molecule has 0 atom stereocenters. The van der Waals surface area contributed by atoms with Crippen LogP contribution in [0.1, 0.15) is 37.7 Å². The zero-order chi connectivity index (χ0) is 21.5. The molecule has 0 aromatic heterocycles. The van der Waals surface area contributed by atoms with Crippen molar-refractivity contribution in [3.63, 3.8) is 0 Å². The Kier molecular flexibility index (Phi) is 7.93. The van der Waals surface area contributed by atoms with E-state index in [2.05, 4.69) is 10.6 Å². The van der Waals surface area contributed by atoms with Gasteiger partial charge in [0.25, 0.3) is 11.1 Å². The van der Waals surface area contributed by atoms with Crippen molar-refractivity contribution in [3.8, 4) is 0 Å². The molecule has 7 nitrogen and oxygen atoms in total. The standard InChI is InChI=1S/C21H24ClN3O4S/c22-16-7-5-14(6-8-16)13-17-20(28)25(21(29)30-17)12-11-23-18(26)9-10-24-19(27)15-3-1-2-4-15/h5-8,13,15H,1-4,9-12H2,(H,23,26)(H,24,27)/b17-13-. The molecule has 1 heterocycles. The van der Waals surface area contributed by atoms with Gasteiger partial charge in [0.15, 0.2) is 0 Å². The molecule has 0 radical (unpaired) electrons. The van der Waals surface area contributed by atoms with Crippen molar-refractivity contribution in [2.75, 3.05) is 19.6 Å². The lowest BCUT2D eigenvalue weighted by molar-refractivity contribution is -0.126. The monoisotopic (exact) mass is 449 g/mol. The zero-order valence-electron chi connectivity index (χ0n) is 16.5. The van der Waals surface area contributed by atoms with Crippen LogP contribution in [0.3, 0.4) is 0 Å². The predicted molar refractivity (Wildman–Crippen MR) is 117 cm³/mol. The van der Waals surface area contributed by atoms with Gasteiger partial charge >= 0.3 is 0 Å². The van der Waals surface area contributed by atoms with Crippen molar-refractivity contribution in [1.29, 1.82) is 0 Å². The summed E-state index contributed by atoms with van der Waals surface area (Å²) in [7, 11) is 0. The number of nitrogens with one attached hydrogen (secondary N) is 2. The number of halogens is 1. The van der Waals surface area contributed by atoms with Crippen LogP contribution in [0.4, 0.5) is 4.79 Å². The third-order valence-corrected chi connectivity index (χ3v) is 6.24. The van der Waals surface area contributed by atoms with Crippen molar-refractivity contribution in [2.24, 2.45) is 5.92 Å². The first-order chi connectivity index (χ1) is 14.4. The molecule has 1 aliphatic heterocycles. The van der Waals surface area contributed by atoms with Gasteiger partial charge in [-0.15, -0.1) is 0 Å². The van der Waals surface area contributed by atoms with Crippen LogP contribution in [0.25, 0.3) is 6.08 Å². The van der Waals surface area contributed by atoms with Crippen LogP contribution in [-0.2, 0) is 14.4 Å². The number of imide groups is 1. The van der Waals surface area contributed by atoms with E-state index in [0.717, 1.165) is 47.9 Å². The number of hydrogen-bond donors (Lipinski definition) is 2. The zero-order valence-corrected chi connectivity index (χ0v) is 18.1. The van der Waals surface area contributed by atoms with Gasteiger partial charge in [-0.2, -0.15) is 0 Å². The average molecular weight is 450 g/mol. The smallest absolute Gasteiger partial charge is 0.293 e. The maximum Gasteiger partial charge on any atom is 0.293 e. The SMILES string of the molecule is O=C(CCNC(=O)C1CCCC1)NCCN1C(=O)S/C(=C\c2ccc(Cl)cc2)C1=O. The molecular formula is C21H24ClN3O4S.